The average molecular weight is 425 g/mol. The van der Waals surface area contributed by atoms with Crippen LogP contribution in [-0.4, -0.2) is 26.8 Å². The minimum absolute atomic E-state index is 0.103. The SMILES string of the molecule is Cc1cc(C)cc(NC(=O)CSc2nnc(CCc3nc4ccccc4s3)o2)c1. The maximum Gasteiger partial charge on any atom is 0.277 e. The second-order valence-corrected chi connectivity index (χ2v) is 8.79. The molecule has 0 radical (unpaired) electrons. The second kappa shape index (κ2) is 8.75. The van der Waals surface area contributed by atoms with Gasteiger partial charge in [-0.1, -0.05) is 30.0 Å². The summed E-state index contributed by atoms with van der Waals surface area (Å²) in [6.45, 7) is 4.01. The van der Waals surface area contributed by atoms with Gasteiger partial charge in [-0.25, -0.2) is 4.98 Å². The molecule has 2 aromatic heterocycles. The molecule has 148 valence electrons. The highest BCUT2D eigenvalue weighted by atomic mass is 32.2. The summed E-state index contributed by atoms with van der Waals surface area (Å²) in [6, 6.07) is 14.1. The third-order valence-electron chi connectivity index (χ3n) is 4.17. The molecule has 2 heterocycles. The summed E-state index contributed by atoms with van der Waals surface area (Å²) in [5, 5.41) is 12.5. The van der Waals surface area contributed by atoms with Gasteiger partial charge >= 0.3 is 0 Å². The van der Waals surface area contributed by atoms with Gasteiger partial charge in [0.1, 0.15) is 0 Å². The summed E-state index contributed by atoms with van der Waals surface area (Å²) in [7, 11) is 0. The number of hydrogen-bond acceptors (Lipinski definition) is 7. The number of carbonyl (C=O) groups is 1. The van der Waals surface area contributed by atoms with Crippen LogP contribution in [0.15, 0.2) is 52.1 Å². The summed E-state index contributed by atoms with van der Waals surface area (Å²) in [5.74, 6) is 0.669. The minimum atomic E-state index is -0.103. The number of aryl methyl sites for hydroxylation is 4. The Bertz CT molecular complexity index is 1100. The number of thiazole rings is 1. The number of hydrogen-bond donors (Lipinski definition) is 1. The molecule has 0 unspecified atom stereocenters. The predicted molar refractivity (Wildman–Crippen MR) is 117 cm³/mol. The summed E-state index contributed by atoms with van der Waals surface area (Å²) in [4.78, 5) is 16.8. The van der Waals surface area contributed by atoms with Crippen molar-refractivity contribution >= 4 is 44.9 Å². The van der Waals surface area contributed by atoms with Crippen molar-refractivity contribution < 1.29 is 9.21 Å². The number of amides is 1. The molecule has 0 aliphatic rings. The quantitative estimate of drug-likeness (QED) is 0.429. The van der Waals surface area contributed by atoms with Crippen LogP contribution in [0.2, 0.25) is 0 Å². The van der Waals surface area contributed by atoms with Crippen LogP contribution >= 0.6 is 23.1 Å². The number of carbonyl (C=O) groups excluding carboxylic acids is 1. The average Bonchev–Trinajstić information content (AvgIpc) is 3.30. The smallest absolute Gasteiger partial charge is 0.277 e. The molecule has 0 fully saturated rings. The molecule has 0 aliphatic carbocycles. The molecule has 6 nitrogen and oxygen atoms in total. The summed E-state index contributed by atoms with van der Waals surface area (Å²) in [5.41, 5.74) is 4.05. The van der Waals surface area contributed by atoms with Crippen LogP contribution in [0, 0.1) is 13.8 Å². The molecule has 0 saturated heterocycles. The van der Waals surface area contributed by atoms with Gasteiger partial charge in [0.15, 0.2) is 0 Å². The third kappa shape index (κ3) is 5.21. The van der Waals surface area contributed by atoms with E-state index in [2.05, 4.69) is 32.6 Å². The van der Waals surface area contributed by atoms with Crippen molar-refractivity contribution in [2.75, 3.05) is 11.1 Å². The van der Waals surface area contributed by atoms with E-state index >= 15 is 0 Å². The van der Waals surface area contributed by atoms with E-state index in [0.29, 0.717) is 17.5 Å². The lowest BCUT2D eigenvalue weighted by molar-refractivity contribution is -0.113. The molecule has 0 saturated carbocycles. The predicted octanol–water partition coefficient (Wildman–Crippen LogP) is 4.81. The maximum absolute atomic E-state index is 12.2. The first-order valence-corrected chi connectivity index (χ1v) is 11.0. The van der Waals surface area contributed by atoms with Crippen molar-refractivity contribution in [3.63, 3.8) is 0 Å². The van der Waals surface area contributed by atoms with E-state index in [1.54, 1.807) is 11.3 Å². The van der Waals surface area contributed by atoms with Gasteiger partial charge in [-0.3, -0.25) is 4.79 Å². The lowest BCUT2D eigenvalue weighted by Crippen LogP contribution is -2.14. The lowest BCUT2D eigenvalue weighted by Gasteiger charge is -2.06. The Balaban J connectivity index is 1.28. The molecule has 1 amide bonds. The third-order valence-corrected chi connectivity index (χ3v) is 6.09. The molecule has 0 atom stereocenters. The van der Waals surface area contributed by atoms with E-state index in [1.165, 1.54) is 16.5 Å². The highest BCUT2D eigenvalue weighted by molar-refractivity contribution is 7.99. The Morgan fingerprint density at radius 3 is 2.69 bits per heavy atom. The minimum Gasteiger partial charge on any atom is -0.416 e. The fraction of sp³-hybridized carbons (Fsp3) is 0.238. The van der Waals surface area contributed by atoms with Crippen LogP contribution < -0.4 is 5.32 Å². The van der Waals surface area contributed by atoms with Gasteiger partial charge in [-0.05, 0) is 49.2 Å². The fourth-order valence-corrected chi connectivity index (χ4v) is 4.56. The van der Waals surface area contributed by atoms with E-state index in [1.807, 2.05) is 44.2 Å². The van der Waals surface area contributed by atoms with Crippen LogP contribution in [-0.2, 0) is 17.6 Å². The van der Waals surface area contributed by atoms with Gasteiger partial charge in [-0.2, -0.15) is 0 Å². The van der Waals surface area contributed by atoms with Crippen LogP contribution in [0.5, 0.6) is 0 Å². The molecule has 1 N–H and O–H groups in total. The van der Waals surface area contributed by atoms with Gasteiger partial charge in [0.25, 0.3) is 5.22 Å². The van der Waals surface area contributed by atoms with Crippen LogP contribution in [0.4, 0.5) is 5.69 Å². The number of thioether (sulfide) groups is 1. The molecule has 0 bridgehead atoms. The monoisotopic (exact) mass is 424 g/mol. The van der Waals surface area contributed by atoms with Crippen molar-refractivity contribution in [2.45, 2.75) is 31.9 Å². The zero-order valence-electron chi connectivity index (χ0n) is 16.1. The molecule has 0 spiro atoms. The summed E-state index contributed by atoms with van der Waals surface area (Å²) in [6.07, 6.45) is 1.38. The molecule has 0 aliphatic heterocycles. The Morgan fingerprint density at radius 2 is 1.90 bits per heavy atom. The standard InChI is InChI=1S/C21H20N4O2S2/c1-13-9-14(2)11-15(10-13)22-18(26)12-28-21-25-24-19(27-21)7-8-20-23-16-5-3-4-6-17(16)29-20/h3-6,9-11H,7-8,12H2,1-2H3,(H,22,26). The molecule has 8 heteroatoms. The number of nitrogens with one attached hydrogen (secondary N) is 1. The summed E-state index contributed by atoms with van der Waals surface area (Å²) < 4.78 is 6.84. The lowest BCUT2D eigenvalue weighted by atomic mass is 10.1. The van der Waals surface area contributed by atoms with Crippen LogP contribution in [0.25, 0.3) is 10.2 Å². The topological polar surface area (TPSA) is 80.9 Å². The zero-order valence-corrected chi connectivity index (χ0v) is 17.8. The number of para-hydroxylation sites is 1. The first kappa shape index (κ1) is 19.6. The number of nitrogens with zero attached hydrogens (tertiary/aromatic N) is 3. The van der Waals surface area contributed by atoms with Gasteiger partial charge in [-0.15, -0.1) is 21.5 Å². The molecule has 4 aromatic rings. The molecular formula is C21H20N4O2S2. The number of anilines is 1. The second-order valence-electron chi connectivity index (χ2n) is 6.75. The largest absolute Gasteiger partial charge is 0.416 e. The van der Waals surface area contributed by atoms with E-state index in [9.17, 15) is 4.79 Å². The normalized spacial score (nSPS) is 11.1. The molecule has 4 rings (SSSR count). The van der Waals surface area contributed by atoms with Crippen molar-refractivity contribution in [3.8, 4) is 0 Å². The summed E-state index contributed by atoms with van der Waals surface area (Å²) >= 11 is 2.92. The van der Waals surface area contributed by atoms with Crippen LogP contribution in [0.1, 0.15) is 22.0 Å². The highest BCUT2D eigenvalue weighted by Crippen LogP contribution is 2.23. The Labute approximate surface area is 176 Å². The zero-order chi connectivity index (χ0) is 20.2. The Hall–Kier alpha value is -2.71. The van der Waals surface area contributed by atoms with Crippen molar-refractivity contribution in [2.24, 2.45) is 0 Å². The van der Waals surface area contributed by atoms with Gasteiger partial charge < -0.3 is 9.73 Å². The first-order chi connectivity index (χ1) is 14.0. The maximum atomic E-state index is 12.2. The first-order valence-electron chi connectivity index (χ1n) is 9.23. The van der Waals surface area contributed by atoms with Gasteiger partial charge in [0, 0.05) is 18.5 Å². The number of fused-ring (bicyclic) bond motifs is 1. The fourth-order valence-electron chi connectivity index (χ4n) is 3.01. The van der Waals surface area contributed by atoms with E-state index in [4.69, 9.17) is 4.42 Å². The number of aromatic nitrogens is 3. The van der Waals surface area contributed by atoms with E-state index < -0.39 is 0 Å². The Kier molecular flexibility index (Phi) is 5.92. The van der Waals surface area contributed by atoms with Gasteiger partial charge in [0.05, 0.1) is 21.0 Å². The van der Waals surface area contributed by atoms with Crippen molar-refractivity contribution in [1.29, 1.82) is 0 Å². The van der Waals surface area contributed by atoms with Crippen molar-refractivity contribution in [1.82, 2.24) is 15.2 Å². The van der Waals surface area contributed by atoms with E-state index in [-0.39, 0.29) is 11.7 Å². The number of rotatable bonds is 7. The number of benzene rings is 2. The van der Waals surface area contributed by atoms with Crippen LogP contribution in [0.3, 0.4) is 0 Å². The van der Waals surface area contributed by atoms with Gasteiger partial charge in [0.2, 0.25) is 11.8 Å². The molecule has 29 heavy (non-hydrogen) atoms. The highest BCUT2D eigenvalue weighted by Gasteiger charge is 2.12. The molecule has 2 aromatic carbocycles. The van der Waals surface area contributed by atoms with E-state index in [0.717, 1.165) is 33.8 Å². The molecular weight excluding hydrogens is 404 g/mol. The van der Waals surface area contributed by atoms with Crippen molar-refractivity contribution in [3.05, 3.63) is 64.5 Å². The Morgan fingerprint density at radius 1 is 1.10 bits per heavy atom.